The van der Waals surface area contributed by atoms with Gasteiger partial charge >= 0.3 is 0 Å². The third-order valence-corrected chi connectivity index (χ3v) is 2.44. The molecule has 17 heavy (non-hydrogen) atoms. The molecule has 0 amide bonds. The quantitative estimate of drug-likeness (QED) is 0.571. The first-order valence-electron chi connectivity index (χ1n) is 6.36. The number of nitrogens with two attached hydrogens (primary N) is 1. The fourth-order valence-electron chi connectivity index (χ4n) is 1.46. The number of anilines is 2. The van der Waals surface area contributed by atoms with Gasteiger partial charge in [-0.1, -0.05) is 19.8 Å². The summed E-state index contributed by atoms with van der Waals surface area (Å²) in [5.74, 6) is 1.73. The molecule has 1 aromatic rings. The van der Waals surface area contributed by atoms with Gasteiger partial charge in [-0.2, -0.15) is 0 Å². The van der Waals surface area contributed by atoms with Crippen molar-refractivity contribution >= 4 is 11.6 Å². The molecule has 0 aliphatic carbocycles. The van der Waals surface area contributed by atoms with Gasteiger partial charge in [0.15, 0.2) is 0 Å². The highest BCUT2D eigenvalue weighted by molar-refractivity contribution is 5.46. The van der Waals surface area contributed by atoms with Crippen molar-refractivity contribution in [3.05, 3.63) is 12.4 Å². The normalized spacial score (nSPS) is 10.2. The van der Waals surface area contributed by atoms with E-state index in [1.807, 2.05) is 6.07 Å². The fourth-order valence-corrected chi connectivity index (χ4v) is 1.46. The Balaban J connectivity index is 2.31. The van der Waals surface area contributed by atoms with Crippen LogP contribution in [0.3, 0.4) is 0 Å². The van der Waals surface area contributed by atoms with Gasteiger partial charge in [0.2, 0.25) is 0 Å². The predicted octanol–water partition coefficient (Wildman–Crippen LogP) is 1.84. The highest BCUT2D eigenvalue weighted by Gasteiger charge is 1.97. The molecule has 0 aliphatic heterocycles. The Morgan fingerprint density at radius 1 is 1.06 bits per heavy atom. The van der Waals surface area contributed by atoms with Crippen molar-refractivity contribution in [3.8, 4) is 0 Å². The third-order valence-electron chi connectivity index (χ3n) is 2.44. The standard InChI is InChI=1S/C12H23N5/c1-2-3-4-7-14-11-9-12(17-10-16-11)15-8-5-6-13/h9-10H,2-8,13H2,1H3,(H2,14,15,16,17). The van der Waals surface area contributed by atoms with E-state index < -0.39 is 0 Å². The van der Waals surface area contributed by atoms with E-state index in [0.717, 1.165) is 31.1 Å². The predicted molar refractivity (Wildman–Crippen MR) is 72.2 cm³/mol. The summed E-state index contributed by atoms with van der Waals surface area (Å²) in [6.07, 6.45) is 6.18. The Morgan fingerprint density at radius 3 is 2.29 bits per heavy atom. The summed E-state index contributed by atoms with van der Waals surface area (Å²) in [7, 11) is 0. The largest absolute Gasteiger partial charge is 0.370 e. The second-order valence-corrected chi connectivity index (χ2v) is 3.99. The molecule has 0 atom stereocenters. The Morgan fingerprint density at radius 2 is 1.71 bits per heavy atom. The molecule has 1 aromatic heterocycles. The molecule has 1 heterocycles. The van der Waals surface area contributed by atoms with E-state index in [1.165, 1.54) is 19.3 Å². The van der Waals surface area contributed by atoms with Gasteiger partial charge in [0.05, 0.1) is 0 Å². The fraction of sp³-hybridized carbons (Fsp3) is 0.667. The topological polar surface area (TPSA) is 75.9 Å². The minimum atomic E-state index is 0.695. The molecule has 0 bridgehead atoms. The maximum Gasteiger partial charge on any atom is 0.131 e. The van der Waals surface area contributed by atoms with Crippen LogP contribution in [0.2, 0.25) is 0 Å². The van der Waals surface area contributed by atoms with Crippen molar-refractivity contribution in [2.24, 2.45) is 5.73 Å². The number of aromatic nitrogens is 2. The Kier molecular flexibility index (Phi) is 7.06. The smallest absolute Gasteiger partial charge is 0.131 e. The van der Waals surface area contributed by atoms with Crippen LogP contribution in [0.25, 0.3) is 0 Å². The molecule has 1 rings (SSSR count). The number of nitrogens with zero attached hydrogens (tertiary/aromatic N) is 2. The Bertz CT molecular complexity index is 303. The zero-order chi connectivity index (χ0) is 12.3. The average molecular weight is 237 g/mol. The van der Waals surface area contributed by atoms with Gasteiger partial charge in [0, 0.05) is 19.2 Å². The molecule has 0 saturated heterocycles. The van der Waals surface area contributed by atoms with E-state index >= 15 is 0 Å². The van der Waals surface area contributed by atoms with Gasteiger partial charge in [-0.15, -0.1) is 0 Å². The molecule has 5 nitrogen and oxygen atoms in total. The maximum atomic E-state index is 5.43. The number of rotatable bonds is 9. The second-order valence-electron chi connectivity index (χ2n) is 3.99. The van der Waals surface area contributed by atoms with Crippen LogP contribution >= 0.6 is 0 Å². The Labute approximate surface area is 103 Å². The zero-order valence-electron chi connectivity index (χ0n) is 10.6. The minimum absolute atomic E-state index is 0.695. The van der Waals surface area contributed by atoms with Gasteiger partial charge in [0.1, 0.15) is 18.0 Å². The lowest BCUT2D eigenvalue weighted by Gasteiger charge is -2.07. The van der Waals surface area contributed by atoms with Crippen LogP contribution in [0.1, 0.15) is 32.6 Å². The molecule has 0 unspecified atom stereocenters. The van der Waals surface area contributed by atoms with E-state index in [1.54, 1.807) is 6.33 Å². The first-order chi connectivity index (χ1) is 8.36. The van der Waals surface area contributed by atoms with E-state index in [-0.39, 0.29) is 0 Å². The van der Waals surface area contributed by atoms with Crippen LogP contribution in [0, 0.1) is 0 Å². The van der Waals surface area contributed by atoms with Crippen molar-refractivity contribution in [3.63, 3.8) is 0 Å². The first kappa shape index (κ1) is 13.7. The highest BCUT2D eigenvalue weighted by atomic mass is 15.1. The molecular formula is C12H23N5. The number of hydrogen-bond donors (Lipinski definition) is 3. The molecule has 5 heteroatoms. The van der Waals surface area contributed by atoms with Crippen molar-refractivity contribution in [2.75, 3.05) is 30.3 Å². The van der Waals surface area contributed by atoms with Gasteiger partial charge < -0.3 is 16.4 Å². The summed E-state index contributed by atoms with van der Waals surface area (Å²) in [6.45, 7) is 4.71. The second kappa shape index (κ2) is 8.75. The van der Waals surface area contributed by atoms with Gasteiger partial charge in [-0.05, 0) is 19.4 Å². The number of hydrogen-bond acceptors (Lipinski definition) is 5. The highest BCUT2D eigenvalue weighted by Crippen LogP contribution is 2.08. The molecule has 0 saturated carbocycles. The molecular weight excluding hydrogens is 214 g/mol. The summed E-state index contributed by atoms with van der Waals surface area (Å²) >= 11 is 0. The van der Waals surface area contributed by atoms with E-state index in [2.05, 4.69) is 27.5 Å². The van der Waals surface area contributed by atoms with Crippen LogP contribution in [0.4, 0.5) is 11.6 Å². The molecule has 0 spiro atoms. The van der Waals surface area contributed by atoms with Crippen LogP contribution in [0.5, 0.6) is 0 Å². The van der Waals surface area contributed by atoms with Crippen LogP contribution in [0.15, 0.2) is 12.4 Å². The van der Waals surface area contributed by atoms with Crippen LogP contribution in [-0.2, 0) is 0 Å². The first-order valence-corrected chi connectivity index (χ1v) is 6.36. The molecule has 0 aromatic carbocycles. The van der Waals surface area contributed by atoms with Gasteiger partial charge in [-0.3, -0.25) is 0 Å². The van der Waals surface area contributed by atoms with Crippen LogP contribution < -0.4 is 16.4 Å². The molecule has 0 aliphatic rings. The monoisotopic (exact) mass is 237 g/mol. The van der Waals surface area contributed by atoms with Crippen molar-refractivity contribution < 1.29 is 0 Å². The van der Waals surface area contributed by atoms with Gasteiger partial charge in [0.25, 0.3) is 0 Å². The summed E-state index contributed by atoms with van der Waals surface area (Å²) in [5, 5.41) is 6.51. The molecule has 0 radical (unpaired) electrons. The van der Waals surface area contributed by atoms with Crippen molar-refractivity contribution in [1.82, 2.24) is 9.97 Å². The minimum Gasteiger partial charge on any atom is -0.370 e. The third kappa shape index (κ3) is 6.06. The average Bonchev–Trinajstić information content (AvgIpc) is 2.36. The maximum absolute atomic E-state index is 5.43. The molecule has 0 fully saturated rings. The molecule has 96 valence electrons. The summed E-state index contributed by atoms with van der Waals surface area (Å²) in [6, 6.07) is 1.93. The van der Waals surface area contributed by atoms with E-state index in [4.69, 9.17) is 5.73 Å². The van der Waals surface area contributed by atoms with Crippen molar-refractivity contribution in [1.29, 1.82) is 0 Å². The zero-order valence-corrected chi connectivity index (χ0v) is 10.6. The van der Waals surface area contributed by atoms with Crippen molar-refractivity contribution in [2.45, 2.75) is 32.6 Å². The van der Waals surface area contributed by atoms with E-state index in [9.17, 15) is 0 Å². The van der Waals surface area contributed by atoms with Crippen LogP contribution in [-0.4, -0.2) is 29.6 Å². The summed E-state index contributed by atoms with van der Waals surface area (Å²) < 4.78 is 0. The lowest BCUT2D eigenvalue weighted by atomic mass is 10.2. The lowest BCUT2D eigenvalue weighted by molar-refractivity contribution is 0.742. The van der Waals surface area contributed by atoms with E-state index in [0.29, 0.717) is 6.54 Å². The summed E-state index contributed by atoms with van der Waals surface area (Å²) in [5.41, 5.74) is 5.43. The number of unbranched alkanes of at least 4 members (excludes halogenated alkanes) is 2. The Hall–Kier alpha value is -1.36. The lowest BCUT2D eigenvalue weighted by Crippen LogP contribution is -2.10. The number of nitrogens with one attached hydrogen (secondary N) is 2. The molecule has 4 N–H and O–H groups in total. The SMILES string of the molecule is CCCCCNc1cc(NCCCN)ncn1. The van der Waals surface area contributed by atoms with Gasteiger partial charge in [-0.25, -0.2) is 9.97 Å². The summed E-state index contributed by atoms with van der Waals surface area (Å²) in [4.78, 5) is 8.33.